The molecule has 0 heterocycles. The molecule has 0 amide bonds. The van der Waals surface area contributed by atoms with Gasteiger partial charge in [-0.05, 0) is 96.9 Å². The number of Topliss-reactive ketones (excluding diaryl/α,β-unsaturated/α-hetero) is 2. The van der Waals surface area contributed by atoms with Gasteiger partial charge in [0.25, 0.3) is 0 Å². The van der Waals surface area contributed by atoms with E-state index in [2.05, 4.69) is 38.3 Å². The zero-order valence-corrected chi connectivity index (χ0v) is 22.6. The van der Waals surface area contributed by atoms with Gasteiger partial charge in [0.2, 0.25) is 0 Å². The molecule has 0 aliphatic heterocycles. The Morgan fingerprint density at radius 1 is 0.676 bits per heavy atom. The summed E-state index contributed by atoms with van der Waals surface area (Å²) in [6, 6.07) is 15.6. The summed E-state index contributed by atoms with van der Waals surface area (Å²) in [5.74, 6) is 3.87. The van der Waals surface area contributed by atoms with Gasteiger partial charge in [0.1, 0.15) is 11.5 Å². The van der Waals surface area contributed by atoms with Gasteiger partial charge < -0.3 is 15.4 Å². The third-order valence-corrected chi connectivity index (χ3v) is 9.55. The molecular formula is C32H36N2O3. The fourth-order valence-electron chi connectivity index (χ4n) is 7.16. The van der Waals surface area contributed by atoms with E-state index in [1.165, 1.54) is 0 Å². The van der Waals surface area contributed by atoms with Crippen LogP contribution in [0.1, 0.15) is 54.4 Å². The summed E-state index contributed by atoms with van der Waals surface area (Å²) >= 11 is 0. The van der Waals surface area contributed by atoms with Gasteiger partial charge in [0.15, 0.2) is 11.6 Å². The molecule has 0 aromatic heterocycles. The maximum Gasteiger partial charge on any atom is 0.161 e. The fraction of sp³-hybridized carbons (Fsp3) is 0.438. The molecule has 0 bridgehead atoms. The summed E-state index contributed by atoms with van der Waals surface area (Å²) in [5, 5.41) is 6.86. The molecule has 4 atom stereocenters. The van der Waals surface area contributed by atoms with Crippen LogP contribution in [0.2, 0.25) is 0 Å². The normalized spacial score (nSPS) is 30.9. The SMILES string of the molecule is CC(Nc1ccc(Oc2ccc(NC(C)=C3C(=O)C[C@@H]4[C@H]3C4(C)C)cc2)cc1)=C1C(=O)C[C@@H]2[C@H]1C2(C)C. The number of hydrogen-bond acceptors (Lipinski definition) is 5. The van der Waals surface area contributed by atoms with Gasteiger partial charge in [-0.1, -0.05) is 27.7 Å². The van der Waals surface area contributed by atoms with E-state index in [9.17, 15) is 9.59 Å². The molecule has 4 aliphatic rings. The Kier molecular flexibility index (Phi) is 5.24. The second kappa shape index (κ2) is 8.08. The highest BCUT2D eigenvalue weighted by Crippen LogP contribution is 2.69. The molecule has 4 saturated carbocycles. The number of carbonyl (C=O) groups excluding carboxylic acids is 2. The number of benzene rings is 2. The Hall–Kier alpha value is -3.34. The summed E-state index contributed by atoms with van der Waals surface area (Å²) in [7, 11) is 0. The van der Waals surface area contributed by atoms with Crippen LogP contribution < -0.4 is 15.4 Å². The number of ether oxygens (including phenoxy) is 1. The maximum absolute atomic E-state index is 12.5. The van der Waals surface area contributed by atoms with Crippen LogP contribution in [0.4, 0.5) is 11.4 Å². The largest absolute Gasteiger partial charge is 0.457 e. The predicted molar refractivity (Wildman–Crippen MR) is 146 cm³/mol. The van der Waals surface area contributed by atoms with Crippen molar-refractivity contribution in [2.24, 2.45) is 34.5 Å². The fourth-order valence-corrected chi connectivity index (χ4v) is 7.16. The number of hydrogen-bond donors (Lipinski definition) is 2. The van der Waals surface area contributed by atoms with Crippen LogP contribution in [0.25, 0.3) is 0 Å². The maximum atomic E-state index is 12.5. The molecule has 2 aromatic rings. The number of fused-ring (bicyclic) bond motifs is 2. The first-order chi connectivity index (χ1) is 17.5. The van der Waals surface area contributed by atoms with Crippen molar-refractivity contribution in [2.75, 3.05) is 10.6 Å². The number of ketones is 2. The van der Waals surface area contributed by atoms with Crippen molar-refractivity contribution >= 4 is 22.9 Å². The Morgan fingerprint density at radius 2 is 1.03 bits per heavy atom. The van der Waals surface area contributed by atoms with Crippen LogP contribution in [-0.4, -0.2) is 11.6 Å². The topological polar surface area (TPSA) is 67.4 Å². The van der Waals surface area contributed by atoms with E-state index in [-0.39, 0.29) is 10.8 Å². The van der Waals surface area contributed by atoms with Gasteiger partial charge in [-0.3, -0.25) is 9.59 Å². The lowest BCUT2D eigenvalue weighted by molar-refractivity contribution is -0.116. The van der Waals surface area contributed by atoms with E-state index in [1.54, 1.807) is 0 Å². The molecule has 5 nitrogen and oxygen atoms in total. The molecule has 192 valence electrons. The average molecular weight is 497 g/mol. The monoisotopic (exact) mass is 496 g/mol. The summed E-state index contributed by atoms with van der Waals surface area (Å²) in [6.45, 7) is 13.0. The predicted octanol–water partition coefficient (Wildman–Crippen LogP) is 7.34. The van der Waals surface area contributed by atoms with E-state index in [1.807, 2.05) is 62.4 Å². The van der Waals surface area contributed by atoms with Crippen LogP contribution in [0, 0.1) is 34.5 Å². The molecule has 6 rings (SSSR count). The second-order valence-electron chi connectivity index (χ2n) is 12.5. The molecule has 0 radical (unpaired) electrons. The molecule has 2 aromatic carbocycles. The summed E-state index contributed by atoms with van der Waals surface area (Å²) in [6.07, 6.45) is 1.36. The number of rotatable bonds is 6. The molecule has 0 spiro atoms. The Morgan fingerprint density at radius 3 is 1.35 bits per heavy atom. The van der Waals surface area contributed by atoms with Gasteiger partial charge >= 0.3 is 0 Å². The third kappa shape index (κ3) is 3.91. The van der Waals surface area contributed by atoms with E-state index < -0.39 is 0 Å². The van der Waals surface area contributed by atoms with Crippen molar-refractivity contribution in [1.82, 2.24) is 0 Å². The Labute approximate surface area is 219 Å². The van der Waals surface area contributed by atoms with Gasteiger partial charge in [-0.25, -0.2) is 0 Å². The molecule has 5 heteroatoms. The number of carbonyl (C=O) groups is 2. The first-order valence-electron chi connectivity index (χ1n) is 13.4. The zero-order chi connectivity index (χ0) is 26.3. The first-order valence-corrected chi connectivity index (χ1v) is 13.4. The summed E-state index contributed by atoms with van der Waals surface area (Å²) in [4.78, 5) is 24.9. The molecule has 37 heavy (non-hydrogen) atoms. The van der Waals surface area contributed by atoms with E-state index >= 15 is 0 Å². The number of anilines is 2. The van der Waals surface area contributed by atoms with Crippen LogP contribution in [0.5, 0.6) is 11.5 Å². The average Bonchev–Trinajstić information content (AvgIpc) is 3.34. The van der Waals surface area contributed by atoms with Crippen molar-refractivity contribution in [2.45, 2.75) is 54.4 Å². The van der Waals surface area contributed by atoms with E-state index in [0.717, 1.165) is 45.4 Å². The van der Waals surface area contributed by atoms with E-state index in [4.69, 9.17) is 4.74 Å². The molecule has 0 saturated heterocycles. The molecule has 4 fully saturated rings. The lowest BCUT2D eigenvalue weighted by Gasteiger charge is -2.15. The van der Waals surface area contributed by atoms with Crippen molar-refractivity contribution in [3.8, 4) is 11.5 Å². The lowest BCUT2D eigenvalue weighted by Crippen LogP contribution is -2.12. The summed E-state index contributed by atoms with van der Waals surface area (Å²) < 4.78 is 6.05. The third-order valence-electron chi connectivity index (χ3n) is 9.55. The van der Waals surface area contributed by atoms with Crippen molar-refractivity contribution in [3.05, 3.63) is 71.1 Å². The smallest absolute Gasteiger partial charge is 0.161 e. The zero-order valence-electron chi connectivity index (χ0n) is 22.6. The van der Waals surface area contributed by atoms with Crippen molar-refractivity contribution < 1.29 is 14.3 Å². The van der Waals surface area contributed by atoms with Crippen LogP contribution in [-0.2, 0) is 9.59 Å². The van der Waals surface area contributed by atoms with Crippen LogP contribution >= 0.6 is 0 Å². The minimum Gasteiger partial charge on any atom is -0.457 e. The molecule has 0 unspecified atom stereocenters. The van der Waals surface area contributed by atoms with E-state index in [0.29, 0.717) is 48.1 Å². The second-order valence-corrected chi connectivity index (χ2v) is 12.5. The first kappa shape index (κ1) is 24.0. The molecular weight excluding hydrogens is 460 g/mol. The van der Waals surface area contributed by atoms with Gasteiger partial charge in [0, 0.05) is 46.8 Å². The summed E-state index contributed by atoms with van der Waals surface area (Å²) in [5.41, 5.74) is 6.26. The number of nitrogens with one attached hydrogen (secondary N) is 2. The van der Waals surface area contributed by atoms with Crippen molar-refractivity contribution in [3.63, 3.8) is 0 Å². The Balaban J connectivity index is 1.08. The highest BCUT2D eigenvalue weighted by atomic mass is 16.5. The number of allylic oxidation sites excluding steroid dienone is 4. The lowest BCUT2D eigenvalue weighted by atomic mass is 9.95. The van der Waals surface area contributed by atoms with Gasteiger partial charge in [-0.15, -0.1) is 0 Å². The highest BCUT2D eigenvalue weighted by molar-refractivity contribution is 6.02. The van der Waals surface area contributed by atoms with Crippen LogP contribution in [0.15, 0.2) is 71.1 Å². The molecule has 4 aliphatic carbocycles. The Bertz CT molecular complexity index is 1260. The van der Waals surface area contributed by atoms with Gasteiger partial charge in [-0.2, -0.15) is 0 Å². The minimum absolute atomic E-state index is 0.246. The minimum atomic E-state index is 0.246. The molecule has 2 N–H and O–H groups in total. The quantitative estimate of drug-likeness (QED) is 0.410. The van der Waals surface area contributed by atoms with Crippen LogP contribution in [0.3, 0.4) is 0 Å². The van der Waals surface area contributed by atoms with Crippen molar-refractivity contribution in [1.29, 1.82) is 0 Å². The highest BCUT2D eigenvalue weighted by Gasteiger charge is 2.66. The van der Waals surface area contributed by atoms with Gasteiger partial charge in [0.05, 0.1) is 0 Å². The standard InChI is InChI=1S/C32H36N2O3/c1-17(27-25(35)15-23-29(27)31(23,3)4)33-19-7-11-21(12-8-19)37-22-13-9-20(10-14-22)34-18(2)28-26(36)16-24-30(28)32(24,5)6/h7-14,23-24,29-30,33-34H,15-16H2,1-6H3/t23-,24-,29-,30-/m1/s1.